The van der Waals surface area contributed by atoms with Crippen molar-refractivity contribution in [3.63, 3.8) is 0 Å². The van der Waals surface area contributed by atoms with Crippen molar-refractivity contribution >= 4 is 23.4 Å². The molecule has 2 amide bonds. The van der Waals surface area contributed by atoms with Gasteiger partial charge in [-0.05, 0) is 63.1 Å². The van der Waals surface area contributed by atoms with Crippen LogP contribution in [-0.4, -0.2) is 60.9 Å². The molecule has 2 N–H and O–H groups in total. The first-order chi connectivity index (χ1) is 15.6. The SMILES string of the molecule is COC(=O)Nc1ccc(N2CCCC3(CCN(C4CCC(O)CC4)C3=O)C2)c(C(F)(F)F)c1. The van der Waals surface area contributed by atoms with Crippen molar-refractivity contribution in [2.24, 2.45) is 5.41 Å². The molecule has 3 fully saturated rings. The van der Waals surface area contributed by atoms with Gasteiger partial charge in [-0.15, -0.1) is 0 Å². The van der Waals surface area contributed by atoms with Gasteiger partial charge in [-0.3, -0.25) is 10.1 Å². The number of carbonyl (C=O) groups is 2. The Morgan fingerprint density at radius 2 is 1.91 bits per heavy atom. The van der Waals surface area contributed by atoms with Crippen LogP contribution in [-0.2, 0) is 15.7 Å². The standard InChI is InChI=1S/C23H30F3N3O4/c1-33-21(32)27-15-3-8-19(18(13-15)23(24,25)26)28-11-2-9-22(14-28)10-12-29(20(22)31)16-4-6-17(30)7-5-16/h3,8,13,16-17,30H,2,4-7,9-12,14H2,1H3,(H,27,32). The molecule has 182 valence electrons. The van der Waals surface area contributed by atoms with Gasteiger partial charge in [-0.1, -0.05) is 0 Å². The molecule has 7 nitrogen and oxygen atoms in total. The molecular weight excluding hydrogens is 439 g/mol. The minimum absolute atomic E-state index is 0.00717. The second-order valence-electron chi connectivity index (χ2n) is 9.36. The summed E-state index contributed by atoms with van der Waals surface area (Å²) >= 11 is 0. The number of halogens is 3. The smallest absolute Gasteiger partial charge is 0.418 e. The van der Waals surface area contributed by atoms with Crippen LogP contribution >= 0.6 is 0 Å². The van der Waals surface area contributed by atoms with E-state index < -0.39 is 23.2 Å². The normalized spacial score (nSPS) is 28.3. The van der Waals surface area contributed by atoms with Gasteiger partial charge in [-0.25, -0.2) is 4.79 Å². The fourth-order valence-corrected chi connectivity index (χ4v) is 5.57. The fourth-order valence-electron chi connectivity index (χ4n) is 5.57. The maximum Gasteiger partial charge on any atom is 0.418 e. The number of benzene rings is 1. The van der Waals surface area contributed by atoms with E-state index in [1.807, 2.05) is 4.90 Å². The Morgan fingerprint density at radius 3 is 2.58 bits per heavy atom. The quantitative estimate of drug-likeness (QED) is 0.699. The maximum atomic E-state index is 13.9. The molecule has 2 aliphatic heterocycles. The van der Waals surface area contributed by atoms with Crippen LogP contribution < -0.4 is 10.2 Å². The van der Waals surface area contributed by atoms with Gasteiger partial charge >= 0.3 is 12.3 Å². The van der Waals surface area contributed by atoms with Crippen LogP contribution in [0.1, 0.15) is 50.5 Å². The van der Waals surface area contributed by atoms with E-state index in [1.165, 1.54) is 12.1 Å². The third kappa shape index (κ3) is 4.76. The number of amides is 2. The third-order valence-corrected chi connectivity index (χ3v) is 7.30. The Labute approximate surface area is 190 Å². The zero-order valence-corrected chi connectivity index (χ0v) is 18.7. The number of nitrogens with one attached hydrogen (secondary N) is 1. The molecular formula is C23H30F3N3O4. The fraction of sp³-hybridized carbons (Fsp3) is 0.652. The highest BCUT2D eigenvalue weighted by Crippen LogP contribution is 2.46. The monoisotopic (exact) mass is 469 g/mol. The molecule has 0 radical (unpaired) electrons. The van der Waals surface area contributed by atoms with Crippen molar-refractivity contribution in [2.75, 3.05) is 37.0 Å². The Morgan fingerprint density at radius 1 is 1.18 bits per heavy atom. The molecule has 2 saturated heterocycles. The summed E-state index contributed by atoms with van der Waals surface area (Å²) < 4.78 is 46.2. The molecule has 3 aliphatic rings. The van der Waals surface area contributed by atoms with Crippen molar-refractivity contribution < 1.29 is 32.6 Å². The third-order valence-electron chi connectivity index (χ3n) is 7.30. The second-order valence-corrected chi connectivity index (χ2v) is 9.36. The van der Waals surface area contributed by atoms with Crippen LogP contribution in [0, 0.1) is 5.41 Å². The molecule has 1 aromatic rings. The molecule has 33 heavy (non-hydrogen) atoms. The first kappa shape index (κ1) is 23.7. The van der Waals surface area contributed by atoms with E-state index in [0.717, 1.165) is 26.0 Å². The predicted molar refractivity (Wildman–Crippen MR) is 116 cm³/mol. The lowest BCUT2D eigenvalue weighted by molar-refractivity contribution is -0.139. The van der Waals surface area contributed by atoms with Crippen molar-refractivity contribution in [2.45, 2.75) is 63.3 Å². The molecule has 1 spiro atoms. The van der Waals surface area contributed by atoms with Crippen LogP contribution in [0.25, 0.3) is 0 Å². The number of alkyl halides is 3. The second kappa shape index (κ2) is 9.04. The Kier molecular flexibility index (Phi) is 6.48. The number of piperidine rings is 1. The van der Waals surface area contributed by atoms with Crippen molar-refractivity contribution in [3.05, 3.63) is 23.8 Å². The minimum atomic E-state index is -4.62. The summed E-state index contributed by atoms with van der Waals surface area (Å²) in [4.78, 5) is 28.5. The highest BCUT2D eigenvalue weighted by atomic mass is 19.4. The van der Waals surface area contributed by atoms with Crippen LogP contribution in [0.15, 0.2) is 18.2 Å². The molecule has 1 saturated carbocycles. The van der Waals surface area contributed by atoms with Crippen molar-refractivity contribution in [3.8, 4) is 0 Å². The van der Waals surface area contributed by atoms with E-state index >= 15 is 0 Å². The summed E-state index contributed by atoms with van der Waals surface area (Å²) in [5.74, 6) is 0.0335. The lowest BCUT2D eigenvalue weighted by Crippen LogP contribution is -2.50. The summed E-state index contributed by atoms with van der Waals surface area (Å²) in [7, 11) is 1.14. The van der Waals surface area contributed by atoms with Gasteiger partial charge in [0.05, 0.1) is 24.2 Å². The van der Waals surface area contributed by atoms with Gasteiger partial charge in [0.2, 0.25) is 5.91 Å². The molecule has 10 heteroatoms. The molecule has 1 aromatic carbocycles. The van der Waals surface area contributed by atoms with Crippen LogP contribution in [0.2, 0.25) is 0 Å². The lowest BCUT2D eigenvalue weighted by Gasteiger charge is -2.42. The van der Waals surface area contributed by atoms with Crippen LogP contribution in [0.5, 0.6) is 0 Å². The number of carbonyl (C=O) groups excluding carboxylic acids is 2. The minimum Gasteiger partial charge on any atom is -0.453 e. The maximum absolute atomic E-state index is 13.9. The van der Waals surface area contributed by atoms with E-state index in [9.17, 15) is 27.9 Å². The molecule has 0 bridgehead atoms. The predicted octanol–water partition coefficient (Wildman–Crippen LogP) is 4.01. The van der Waals surface area contributed by atoms with Crippen LogP contribution in [0.4, 0.5) is 29.3 Å². The topological polar surface area (TPSA) is 82.1 Å². The highest BCUT2D eigenvalue weighted by molar-refractivity contribution is 5.87. The summed E-state index contributed by atoms with van der Waals surface area (Å²) in [6.07, 6.45) is -0.981. The number of likely N-dealkylation sites (tertiary alicyclic amines) is 1. The number of nitrogens with zero attached hydrogens (tertiary/aromatic N) is 2. The summed E-state index contributed by atoms with van der Waals surface area (Å²) in [6, 6.07) is 3.78. The Hall–Kier alpha value is -2.49. The molecule has 2 heterocycles. The average molecular weight is 470 g/mol. The van der Waals surface area contributed by atoms with Crippen molar-refractivity contribution in [1.29, 1.82) is 0 Å². The van der Waals surface area contributed by atoms with Crippen molar-refractivity contribution in [1.82, 2.24) is 4.90 Å². The number of hydrogen-bond donors (Lipinski definition) is 2. The number of rotatable bonds is 3. The first-order valence-electron chi connectivity index (χ1n) is 11.4. The largest absolute Gasteiger partial charge is 0.453 e. The van der Waals surface area contributed by atoms with E-state index in [1.54, 1.807) is 4.90 Å². The van der Waals surface area contributed by atoms with E-state index in [0.29, 0.717) is 45.2 Å². The van der Waals surface area contributed by atoms with Gasteiger partial charge in [0.15, 0.2) is 0 Å². The molecule has 4 rings (SSSR count). The first-order valence-corrected chi connectivity index (χ1v) is 11.4. The van der Waals surface area contributed by atoms with Gasteiger partial charge < -0.3 is 19.6 Å². The number of anilines is 2. The number of methoxy groups -OCH3 is 1. The summed E-state index contributed by atoms with van der Waals surface area (Å²) in [5.41, 5.74) is -1.52. The summed E-state index contributed by atoms with van der Waals surface area (Å²) in [5, 5.41) is 12.1. The highest BCUT2D eigenvalue weighted by Gasteiger charge is 2.51. The summed E-state index contributed by atoms with van der Waals surface area (Å²) in [6.45, 7) is 1.28. The number of aliphatic hydroxyl groups is 1. The van der Waals surface area contributed by atoms with Crippen LogP contribution in [0.3, 0.4) is 0 Å². The Bertz CT molecular complexity index is 901. The molecule has 1 unspecified atom stereocenters. The van der Waals surface area contributed by atoms with Gasteiger partial charge in [0.1, 0.15) is 0 Å². The zero-order valence-electron chi connectivity index (χ0n) is 18.7. The number of ether oxygens (including phenoxy) is 1. The number of hydrogen-bond acceptors (Lipinski definition) is 5. The lowest BCUT2D eigenvalue weighted by atomic mass is 9.78. The van der Waals surface area contributed by atoms with E-state index in [2.05, 4.69) is 10.1 Å². The molecule has 1 aliphatic carbocycles. The Balaban J connectivity index is 1.56. The average Bonchev–Trinajstić information content (AvgIpc) is 3.09. The molecule has 0 aromatic heterocycles. The van der Waals surface area contributed by atoms with Gasteiger partial charge in [-0.2, -0.15) is 13.2 Å². The van der Waals surface area contributed by atoms with E-state index in [4.69, 9.17) is 0 Å². The molecule has 1 atom stereocenters. The zero-order chi connectivity index (χ0) is 23.8. The van der Waals surface area contributed by atoms with E-state index in [-0.39, 0.29) is 36.0 Å². The number of aliphatic hydroxyl groups excluding tert-OH is 1. The van der Waals surface area contributed by atoms with Gasteiger partial charge in [0, 0.05) is 37.1 Å². The van der Waals surface area contributed by atoms with Gasteiger partial charge in [0.25, 0.3) is 0 Å².